The third-order valence-corrected chi connectivity index (χ3v) is 2.83. The van der Waals surface area contributed by atoms with Crippen LogP contribution in [0.2, 0.25) is 0 Å². The van der Waals surface area contributed by atoms with Gasteiger partial charge in [0.05, 0.1) is 10.5 Å². The van der Waals surface area contributed by atoms with E-state index >= 15 is 0 Å². The van der Waals surface area contributed by atoms with Gasteiger partial charge in [-0.1, -0.05) is 12.1 Å². The summed E-state index contributed by atoms with van der Waals surface area (Å²) in [5.74, 6) is -0.140. The van der Waals surface area contributed by atoms with Crippen LogP contribution in [0.3, 0.4) is 0 Å². The smallest absolute Gasteiger partial charge is 0.308 e. The van der Waals surface area contributed by atoms with Crippen LogP contribution in [0.4, 0.5) is 5.69 Å². The lowest BCUT2D eigenvalue weighted by atomic mass is 10.1. The molecular formula is C16H14N2O4. The molecule has 0 N–H and O–H groups in total. The quantitative estimate of drug-likeness (QED) is 0.491. The van der Waals surface area contributed by atoms with Crippen molar-refractivity contribution in [1.82, 2.24) is 4.98 Å². The number of ether oxygens (including phenoxy) is 1. The van der Waals surface area contributed by atoms with Crippen LogP contribution in [0.1, 0.15) is 23.9 Å². The van der Waals surface area contributed by atoms with Gasteiger partial charge in [-0.2, -0.15) is 0 Å². The highest BCUT2D eigenvalue weighted by Crippen LogP contribution is 2.23. The van der Waals surface area contributed by atoms with Gasteiger partial charge in [0.2, 0.25) is 0 Å². The van der Waals surface area contributed by atoms with Crippen molar-refractivity contribution in [3.05, 3.63) is 63.5 Å². The molecule has 0 saturated carbocycles. The van der Waals surface area contributed by atoms with Crippen LogP contribution in [0.5, 0.6) is 5.75 Å². The van der Waals surface area contributed by atoms with Crippen LogP contribution in [0, 0.1) is 17.0 Å². The van der Waals surface area contributed by atoms with E-state index < -0.39 is 10.9 Å². The first-order chi connectivity index (χ1) is 10.5. The molecule has 22 heavy (non-hydrogen) atoms. The first-order valence-corrected chi connectivity index (χ1v) is 6.55. The molecule has 0 unspecified atom stereocenters. The maximum Gasteiger partial charge on any atom is 0.308 e. The predicted molar refractivity (Wildman–Crippen MR) is 82.3 cm³/mol. The van der Waals surface area contributed by atoms with E-state index in [4.69, 9.17) is 4.74 Å². The fraction of sp³-hybridized carbons (Fsp3) is 0.125. The number of para-hydroxylation sites is 1. The van der Waals surface area contributed by atoms with E-state index in [2.05, 4.69) is 4.98 Å². The van der Waals surface area contributed by atoms with Crippen LogP contribution in [0.15, 0.2) is 36.4 Å². The van der Waals surface area contributed by atoms with E-state index in [0.717, 1.165) is 5.69 Å². The Bertz CT molecular complexity index is 754. The molecule has 0 spiro atoms. The Morgan fingerprint density at radius 1 is 1.23 bits per heavy atom. The van der Waals surface area contributed by atoms with Crippen LogP contribution in [-0.4, -0.2) is 15.9 Å². The number of nitro groups is 1. The fourth-order valence-electron chi connectivity index (χ4n) is 1.89. The Labute approximate surface area is 127 Å². The van der Waals surface area contributed by atoms with Gasteiger partial charge in [-0.3, -0.25) is 14.9 Å². The number of aryl methyl sites for hydroxylation is 1. The summed E-state index contributed by atoms with van der Waals surface area (Å²) in [5, 5.41) is 11.0. The molecule has 1 aromatic carbocycles. The first-order valence-electron chi connectivity index (χ1n) is 6.55. The molecule has 6 nitrogen and oxygen atoms in total. The van der Waals surface area contributed by atoms with E-state index in [-0.39, 0.29) is 5.69 Å². The van der Waals surface area contributed by atoms with Gasteiger partial charge in [-0.25, -0.2) is 4.98 Å². The van der Waals surface area contributed by atoms with Crippen LogP contribution >= 0.6 is 0 Å². The maximum absolute atomic E-state index is 11.1. The number of esters is 1. The summed E-state index contributed by atoms with van der Waals surface area (Å²) in [6.07, 6.45) is 3.17. The number of rotatable bonds is 4. The number of hydrogen-bond acceptors (Lipinski definition) is 5. The molecule has 0 amide bonds. The van der Waals surface area contributed by atoms with E-state index in [1.165, 1.54) is 13.0 Å². The Hall–Kier alpha value is -3.02. The molecule has 0 radical (unpaired) electrons. The summed E-state index contributed by atoms with van der Waals surface area (Å²) >= 11 is 0. The van der Waals surface area contributed by atoms with E-state index in [9.17, 15) is 14.9 Å². The molecule has 1 aromatic heterocycles. The van der Waals surface area contributed by atoms with Gasteiger partial charge in [0.1, 0.15) is 5.69 Å². The second kappa shape index (κ2) is 6.62. The summed E-state index contributed by atoms with van der Waals surface area (Å²) in [7, 11) is 0. The normalized spacial score (nSPS) is 10.6. The predicted octanol–water partition coefficient (Wildman–Crippen LogP) is 3.39. The first kappa shape index (κ1) is 15.4. The zero-order valence-corrected chi connectivity index (χ0v) is 12.1. The minimum Gasteiger partial charge on any atom is -0.424 e. The topological polar surface area (TPSA) is 82.3 Å². The maximum atomic E-state index is 11.1. The molecule has 2 rings (SSSR count). The second-order valence-electron chi connectivity index (χ2n) is 4.58. The molecule has 0 atom stereocenters. The molecular weight excluding hydrogens is 284 g/mol. The van der Waals surface area contributed by atoms with Crippen LogP contribution in [0.25, 0.3) is 12.2 Å². The van der Waals surface area contributed by atoms with Crippen molar-refractivity contribution in [3.63, 3.8) is 0 Å². The molecule has 0 aliphatic rings. The molecule has 0 saturated heterocycles. The van der Waals surface area contributed by atoms with Gasteiger partial charge in [0, 0.05) is 18.7 Å². The number of carbonyl (C=O) groups excluding carboxylic acids is 1. The van der Waals surface area contributed by atoms with Gasteiger partial charge in [-0.15, -0.1) is 0 Å². The summed E-state index contributed by atoms with van der Waals surface area (Å²) in [5.41, 5.74) is 1.64. The highest BCUT2D eigenvalue weighted by Gasteiger charge is 2.10. The van der Waals surface area contributed by atoms with Crippen LogP contribution in [-0.2, 0) is 4.79 Å². The minimum atomic E-state index is -0.453. The third-order valence-electron chi connectivity index (χ3n) is 2.83. The summed E-state index contributed by atoms with van der Waals surface area (Å²) in [6.45, 7) is 3.11. The summed E-state index contributed by atoms with van der Waals surface area (Å²) in [6, 6.07) is 9.74. The number of pyridine rings is 1. The van der Waals surface area contributed by atoms with Crippen molar-refractivity contribution in [1.29, 1.82) is 0 Å². The Balaban J connectivity index is 2.40. The number of hydrogen-bond donors (Lipinski definition) is 0. The zero-order chi connectivity index (χ0) is 16.1. The van der Waals surface area contributed by atoms with E-state index in [0.29, 0.717) is 17.0 Å². The van der Waals surface area contributed by atoms with Crippen molar-refractivity contribution in [2.75, 3.05) is 0 Å². The van der Waals surface area contributed by atoms with Crippen molar-refractivity contribution in [3.8, 4) is 5.75 Å². The van der Waals surface area contributed by atoms with Gasteiger partial charge in [0.15, 0.2) is 5.75 Å². The average Bonchev–Trinajstić information content (AvgIpc) is 2.47. The van der Waals surface area contributed by atoms with Crippen LogP contribution < -0.4 is 4.74 Å². The molecule has 6 heteroatoms. The summed E-state index contributed by atoms with van der Waals surface area (Å²) in [4.78, 5) is 25.9. The zero-order valence-electron chi connectivity index (χ0n) is 12.1. The molecule has 1 heterocycles. The Morgan fingerprint density at radius 3 is 2.64 bits per heavy atom. The molecule has 0 bridgehead atoms. The monoisotopic (exact) mass is 298 g/mol. The summed E-state index contributed by atoms with van der Waals surface area (Å²) < 4.78 is 5.08. The lowest BCUT2D eigenvalue weighted by molar-refractivity contribution is -0.385. The van der Waals surface area contributed by atoms with Gasteiger partial charge in [0.25, 0.3) is 5.69 Å². The van der Waals surface area contributed by atoms with Gasteiger partial charge in [-0.05, 0) is 37.3 Å². The van der Waals surface area contributed by atoms with Gasteiger partial charge >= 0.3 is 5.97 Å². The van der Waals surface area contributed by atoms with Crippen molar-refractivity contribution < 1.29 is 14.5 Å². The van der Waals surface area contributed by atoms with Gasteiger partial charge < -0.3 is 4.74 Å². The molecule has 2 aromatic rings. The Morgan fingerprint density at radius 2 is 1.95 bits per heavy atom. The number of aromatic nitrogens is 1. The highest BCUT2D eigenvalue weighted by atomic mass is 16.6. The van der Waals surface area contributed by atoms with E-state index in [1.807, 2.05) is 0 Å². The number of benzene rings is 1. The second-order valence-corrected chi connectivity index (χ2v) is 4.58. The SMILES string of the molecule is CC(=O)Oc1ccc(C)nc1C=Cc1ccccc1[N+](=O)[O-]. The lowest BCUT2D eigenvalue weighted by Gasteiger charge is -2.05. The molecule has 112 valence electrons. The van der Waals surface area contributed by atoms with Crippen molar-refractivity contribution in [2.45, 2.75) is 13.8 Å². The molecule has 0 fully saturated rings. The highest BCUT2D eigenvalue weighted by molar-refractivity contribution is 5.77. The largest absolute Gasteiger partial charge is 0.424 e. The Kier molecular flexibility index (Phi) is 4.63. The molecule has 0 aliphatic carbocycles. The van der Waals surface area contributed by atoms with Crippen molar-refractivity contribution in [2.24, 2.45) is 0 Å². The van der Waals surface area contributed by atoms with E-state index in [1.54, 1.807) is 49.4 Å². The standard InChI is InChI=1S/C16H14N2O4/c1-11-7-10-16(22-12(2)19)14(17-11)9-8-13-5-3-4-6-15(13)18(20)21/h3-10H,1-2H3. The lowest BCUT2D eigenvalue weighted by Crippen LogP contribution is -2.04. The fourth-order valence-corrected chi connectivity index (χ4v) is 1.89. The average molecular weight is 298 g/mol. The third kappa shape index (κ3) is 3.76. The number of carbonyl (C=O) groups is 1. The van der Waals surface area contributed by atoms with Crippen molar-refractivity contribution >= 4 is 23.8 Å². The number of nitro benzene ring substituents is 1. The number of nitrogens with zero attached hydrogens (tertiary/aromatic N) is 2. The minimum absolute atomic E-state index is 0.000407. The molecule has 0 aliphatic heterocycles.